The quantitative estimate of drug-likeness (QED) is 0.329. The van der Waals surface area contributed by atoms with Crippen LogP contribution < -0.4 is 19.8 Å². The molecule has 4 aromatic rings. The van der Waals surface area contributed by atoms with Crippen molar-refractivity contribution in [1.29, 1.82) is 0 Å². The first-order valence-electron chi connectivity index (χ1n) is 13.3. The van der Waals surface area contributed by atoms with Crippen LogP contribution in [0.3, 0.4) is 0 Å². The molecule has 4 heterocycles. The van der Waals surface area contributed by atoms with Crippen molar-refractivity contribution in [2.24, 2.45) is 5.92 Å². The molecular weight excluding hydrogens is 516 g/mol. The van der Waals surface area contributed by atoms with Gasteiger partial charge in [0.15, 0.2) is 17.3 Å². The lowest BCUT2D eigenvalue weighted by molar-refractivity contribution is -0.149. The number of ether oxygens (including phenoxy) is 4. The van der Waals surface area contributed by atoms with Gasteiger partial charge in [0.1, 0.15) is 11.8 Å². The maximum atomic E-state index is 13.6. The van der Waals surface area contributed by atoms with Gasteiger partial charge < -0.3 is 23.9 Å². The van der Waals surface area contributed by atoms with Crippen LogP contribution in [0.15, 0.2) is 47.3 Å². The van der Waals surface area contributed by atoms with E-state index in [1.807, 2.05) is 43.3 Å². The number of aromatic amines is 1. The van der Waals surface area contributed by atoms with Crippen molar-refractivity contribution >= 4 is 16.9 Å². The molecule has 0 bridgehead atoms. The lowest BCUT2D eigenvalue weighted by Gasteiger charge is -2.36. The number of aromatic nitrogens is 5. The summed E-state index contributed by atoms with van der Waals surface area (Å²) >= 11 is 0. The summed E-state index contributed by atoms with van der Waals surface area (Å²) in [6, 6.07) is 12.6. The highest BCUT2D eigenvalue weighted by Crippen LogP contribution is 2.37. The Kier molecular flexibility index (Phi) is 7.08. The minimum Gasteiger partial charge on any atom is -0.497 e. The van der Waals surface area contributed by atoms with Crippen LogP contribution in [0.5, 0.6) is 17.2 Å². The van der Waals surface area contributed by atoms with E-state index in [1.54, 1.807) is 17.9 Å². The van der Waals surface area contributed by atoms with Gasteiger partial charge >= 0.3 is 5.97 Å². The van der Waals surface area contributed by atoms with Gasteiger partial charge in [-0.15, -0.1) is 5.10 Å². The number of pyridine rings is 1. The zero-order valence-electron chi connectivity index (χ0n) is 22.3. The van der Waals surface area contributed by atoms with E-state index < -0.39 is 6.04 Å². The number of hydrogen-bond donors (Lipinski definition) is 1. The standard InChI is InChI=1S/C28H30N6O6/c1-3-38-28(36)18-8-10-33(11-9-18)25(26-30-31-32-34(26)15-17-4-6-20(37-2)7-5-17)21-12-19-13-23-24(40-16-39-23)14-22(19)29-27(21)35/h4-7,12-14,18,25H,3,8-11,15-16H2,1-2H3,(H,29,35)/t25-/m0/s1. The predicted octanol–water partition coefficient (Wildman–Crippen LogP) is 2.66. The van der Waals surface area contributed by atoms with Gasteiger partial charge in [0, 0.05) is 30.1 Å². The topological polar surface area (TPSA) is 134 Å². The van der Waals surface area contributed by atoms with Crippen molar-refractivity contribution in [3.8, 4) is 17.2 Å². The van der Waals surface area contributed by atoms with Crippen LogP contribution in [-0.2, 0) is 16.1 Å². The number of hydrogen-bond acceptors (Lipinski definition) is 10. The first-order chi connectivity index (χ1) is 19.5. The van der Waals surface area contributed by atoms with Crippen molar-refractivity contribution in [2.45, 2.75) is 32.4 Å². The third-order valence-electron chi connectivity index (χ3n) is 7.47. The Balaban J connectivity index is 1.38. The van der Waals surface area contributed by atoms with E-state index >= 15 is 0 Å². The number of nitrogens with one attached hydrogen (secondary N) is 1. The summed E-state index contributed by atoms with van der Waals surface area (Å²) in [7, 11) is 1.62. The number of carbonyl (C=O) groups excluding carboxylic acids is 1. The number of tetrazole rings is 1. The van der Waals surface area contributed by atoms with Crippen LogP contribution in [0, 0.1) is 5.92 Å². The second-order valence-corrected chi connectivity index (χ2v) is 9.85. The minimum atomic E-state index is -0.546. The molecule has 1 atom stereocenters. The van der Waals surface area contributed by atoms with Crippen molar-refractivity contribution in [2.75, 3.05) is 33.6 Å². The number of likely N-dealkylation sites (tertiary alicyclic amines) is 1. The Hall–Kier alpha value is -4.45. The molecule has 12 heteroatoms. The number of fused-ring (bicyclic) bond motifs is 2. The second-order valence-electron chi connectivity index (χ2n) is 9.85. The number of esters is 1. The summed E-state index contributed by atoms with van der Waals surface area (Å²) in [5, 5.41) is 13.5. The average molecular weight is 547 g/mol. The third-order valence-corrected chi connectivity index (χ3v) is 7.47. The molecule has 0 amide bonds. The largest absolute Gasteiger partial charge is 0.497 e. The van der Waals surface area contributed by atoms with Gasteiger partial charge in [-0.1, -0.05) is 12.1 Å². The molecule has 1 N–H and O–H groups in total. The number of nitrogens with zero attached hydrogens (tertiary/aromatic N) is 5. The smallest absolute Gasteiger partial charge is 0.309 e. The van der Waals surface area contributed by atoms with Crippen LogP contribution in [0.25, 0.3) is 10.9 Å². The molecule has 208 valence electrons. The number of H-pyrrole nitrogens is 1. The van der Waals surface area contributed by atoms with E-state index in [0.29, 0.717) is 67.5 Å². The molecule has 6 rings (SSSR count). The Labute approximate surface area is 229 Å². The highest BCUT2D eigenvalue weighted by atomic mass is 16.7. The molecule has 2 aliphatic rings. The SMILES string of the molecule is CCOC(=O)C1CCN([C@@H](c2cc3cc4c(cc3[nH]c2=O)OCO4)c2nnnn2Cc2ccc(OC)cc2)CC1. The maximum absolute atomic E-state index is 13.6. The zero-order chi connectivity index (χ0) is 27.6. The minimum absolute atomic E-state index is 0.140. The molecule has 1 saturated heterocycles. The van der Waals surface area contributed by atoms with Crippen molar-refractivity contribution in [3.63, 3.8) is 0 Å². The Morgan fingerprint density at radius 1 is 1.12 bits per heavy atom. The molecule has 0 aliphatic carbocycles. The van der Waals surface area contributed by atoms with Crippen LogP contribution in [0.2, 0.25) is 0 Å². The van der Waals surface area contributed by atoms with E-state index in [2.05, 4.69) is 25.4 Å². The fraction of sp³-hybridized carbons (Fsp3) is 0.393. The summed E-state index contributed by atoms with van der Waals surface area (Å²) in [5.74, 6) is 2.16. The van der Waals surface area contributed by atoms with Crippen LogP contribution in [-0.4, -0.2) is 69.7 Å². The summed E-state index contributed by atoms with van der Waals surface area (Å²) in [5.41, 5.74) is 1.89. The normalized spacial score (nSPS) is 16.2. The Bertz CT molecular complexity index is 1570. The Morgan fingerprint density at radius 3 is 2.60 bits per heavy atom. The van der Waals surface area contributed by atoms with Gasteiger partial charge in [-0.2, -0.15) is 0 Å². The molecule has 0 spiro atoms. The molecular formula is C28H30N6O6. The van der Waals surface area contributed by atoms with E-state index in [-0.39, 0.29) is 24.2 Å². The number of carbonyl (C=O) groups is 1. The average Bonchev–Trinajstić information content (AvgIpc) is 3.62. The fourth-order valence-corrected chi connectivity index (χ4v) is 5.39. The number of benzene rings is 2. The van der Waals surface area contributed by atoms with E-state index in [0.717, 1.165) is 16.7 Å². The van der Waals surface area contributed by atoms with E-state index in [1.165, 1.54) is 0 Å². The van der Waals surface area contributed by atoms with Crippen molar-refractivity contribution in [1.82, 2.24) is 30.1 Å². The number of piperidine rings is 1. The second kappa shape index (κ2) is 11.0. The lowest BCUT2D eigenvalue weighted by Crippen LogP contribution is -2.42. The summed E-state index contributed by atoms with van der Waals surface area (Å²) in [4.78, 5) is 31.2. The van der Waals surface area contributed by atoms with Crippen molar-refractivity contribution < 1.29 is 23.7 Å². The van der Waals surface area contributed by atoms with Crippen molar-refractivity contribution in [3.05, 3.63) is 69.8 Å². The molecule has 2 aromatic heterocycles. The summed E-state index contributed by atoms with van der Waals surface area (Å²) in [6.07, 6.45) is 1.22. The predicted molar refractivity (Wildman–Crippen MR) is 143 cm³/mol. The monoisotopic (exact) mass is 546 g/mol. The number of methoxy groups -OCH3 is 1. The molecule has 0 radical (unpaired) electrons. The molecule has 0 saturated carbocycles. The number of rotatable bonds is 8. The van der Waals surface area contributed by atoms with Crippen LogP contribution >= 0.6 is 0 Å². The summed E-state index contributed by atoms with van der Waals surface area (Å²) in [6.45, 7) is 3.86. The Morgan fingerprint density at radius 2 is 1.88 bits per heavy atom. The lowest BCUT2D eigenvalue weighted by atomic mass is 9.94. The van der Waals surface area contributed by atoms with E-state index in [9.17, 15) is 9.59 Å². The highest BCUT2D eigenvalue weighted by Gasteiger charge is 2.35. The summed E-state index contributed by atoms with van der Waals surface area (Å²) < 4.78 is 23.3. The van der Waals surface area contributed by atoms with Gasteiger partial charge in [0.2, 0.25) is 6.79 Å². The molecule has 1 fully saturated rings. The van der Waals surface area contributed by atoms with Gasteiger partial charge in [-0.3, -0.25) is 14.5 Å². The molecule has 2 aromatic carbocycles. The van der Waals surface area contributed by atoms with Gasteiger partial charge in [0.25, 0.3) is 5.56 Å². The van der Waals surface area contributed by atoms with Crippen LogP contribution in [0.1, 0.15) is 42.8 Å². The molecule has 2 aliphatic heterocycles. The third kappa shape index (κ3) is 4.97. The molecule has 12 nitrogen and oxygen atoms in total. The molecule has 40 heavy (non-hydrogen) atoms. The van der Waals surface area contributed by atoms with E-state index in [4.69, 9.17) is 18.9 Å². The van der Waals surface area contributed by atoms with Gasteiger partial charge in [0.05, 0.1) is 31.7 Å². The first kappa shape index (κ1) is 25.8. The van der Waals surface area contributed by atoms with Gasteiger partial charge in [-0.25, -0.2) is 4.68 Å². The maximum Gasteiger partial charge on any atom is 0.309 e. The fourth-order valence-electron chi connectivity index (χ4n) is 5.39. The van der Waals surface area contributed by atoms with Gasteiger partial charge in [-0.05, 0) is 60.0 Å². The highest BCUT2D eigenvalue weighted by molar-refractivity contribution is 5.83. The zero-order valence-corrected chi connectivity index (χ0v) is 22.3. The molecule has 0 unspecified atom stereocenters. The van der Waals surface area contributed by atoms with Crippen LogP contribution in [0.4, 0.5) is 0 Å². The first-order valence-corrected chi connectivity index (χ1v) is 13.3.